The third-order valence-electron chi connectivity index (χ3n) is 4.76. The minimum Gasteiger partial charge on any atom is -0.366 e. The van der Waals surface area contributed by atoms with Gasteiger partial charge in [0, 0.05) is 22.9 Å². The van der Waals surface area contributed by atoms with E-state index in [1.54, 1.807) is 29.7 Å². The van der Waals surface area contributed by atoms with Crippen LogP contribution >= 0.6 is 11.3 Å². The lowest BCUT2D eigenvalue weighted by atomic mass is 10.0. The number of thiazole rings is 1. The second-order valence-corrected chi connectivity index (χ2v) is 7.93. The molecule has 0 aliphatic heterocycles. The highest BCUT2D eigenvalue weighted by molar-refractivity contribution is 7.15. The van der Waals surface area contributed by atoms with E-state index < -0.39 is 5.91 Å². The van der Waals surface area contributed by atoms with Crippen LogP contribution in [0.25, 0.3) is 33.0 Å². The minimum absolute atomic E-state index is 0.459. The average Bonchev–Trinajstić information content (AvgIpc) is 3.18. The van der Waals surface area contributed by atoms with E-state index in [1.807, 2.05) is 24.3 Å². The fraction of sp³-hybridized carbons (Fsp3) is 0.125. The Morgan fingerprint density at radius 2 is 1.86 bits per heavy atom. The van der Waals surface area contributed by atoms with Gasteiger partial charge in [-0.15, -0.1) is 11.3 Å². The summed E-state index contributed by atoms with van der Waals surface area (Å²) in [7, 11) is 0. The first-order valence-corrected chi connectivity index (χ1v) is 10.3. The number of rotatable bonds is 5. The lowest BCUT2D eigenvalue weighted by Gasteiger charge is -2.08. The van der Waals surface area contributed by atoms with Crippen molar-refractivity contribution in [3.05, 3.63) is 83.0 Å². The molecule has 144 valence electrons. The Morgan fingerprint density at radius 3 is 2.62 bits per heavy atom. The van der Waals surface area contributed by atoms with Gasteiger partial charge in [0.05, 0.1) is 21.3 Å². The highest BCUT2D eigenvalue weighted by atomic mass is 32.1. The summed E-state index contributed by atoms with van der Waals surface area (Å²) >= 11 is 1.70. The summed E-state index contributed by atoms with van der Waals surface area (Å²) in [4.78, 5) is 22.3. The van der Waals surface area contributed by atoms with Gasteiger partial charge in [-0.1, -0.05) is 48.9 Å². The van der Waals surface area contributed by atoms with Crippen molar-refractivity contribution >= 4 is 17.2 Å². The van der Waals surface area contributed by atoms with E-state index in [2.05, 4.69) is 43.1 Å². The van der Waals surface area contributed by atoms with Crippen molar-refractivity contribution in [1.82, 2.24) is 9.97 Å². The van der Waals surface area contributed by atoms with Crippen LogP contribution in [0.5, 0.6) is 0 Å². The normalized spacial score (nSPS) is 10.8. The van der Waals surface area contributed by atoms with Crippen LogP contribution < -0.4 is 5.73 Å². The second-order valence-electron chi connectivity index (χ2n) is 6.85. The van der Waals surface area contributed by atoms with Crippen molar-refractivity contribution in [3.8, 4) is 33.0 Å². The molecule has 0 atom stereocenters. The molecule has 0 aliphatic rings. The molecule has 4 nitrogen and oxygen atoms in total. The Bertz CT molecular complexity index is 1200. The maximum absolute atomic E-state index is 11.8. The van der Waals surface area contributed by atoms with Crippen molar-refractivity contribution in [1.29, 1.82) is 0 Å². The zero-order valence-corrected chi connectivity index (χ0v) is 17.2. The van der Waals surface area contributed by atoms with Crippen molar-refractivity contribution < 1.29 is 4.79 Å². The summed E-state index contributed by atoms with van der Waals surface area (Å²) in [5.41, 5.74) is 11.8. The SMILES string of the molecule is CCc1nc(-c2cccc(C)c2)c(-c2ccnc(-c3ccccc3C(N)=O)c2)s1. The van der Waals surface area contributed by atoms with Crippen LogP contribution in [-0.2, 0) is 6.42 Å². The number of carbonyl (C=O) groups excluding carboxylic acids is 1. The molecule has 2 aromatic heterocycles. The molecule has 0 unspecified atom stereocenters. The average molecular weight is 400 g/mol. The number of aromatic nitrogens is 2. The number of nitrogens with two attached hydrogens (primary N) is 1. The highest BCUT2D eigenvalue weighted by Gasteiger charge is 2.17. The third-order valence-corrected chi connectivity index (χ3v) is 6.00. The molecular formula is C24H21N3OS. The molecule has 4 rings (SSSR count). The maximum atomic E-state index is 11.8. The van der Waals surface area contributed by atoms with Gasteiger partial charge in [-0.2, -0.15) is 0 Å². The number of hydrogen-bond acceptors (Lipinski definition) is 4. The summed E-state index contributed by atoms with van der Waals surface area (Å²) in [6.45, 7) is 4.20. The van der Waals surface area contributed by atoms with Crippen LogP contribution in [-0.4, -0.2) is 15.9 Å². The Morgan fingerprint density at radius 1 is 1.03 bits per heavy atom. The predicted molar refractivity (Wildman–Crippen MR) is 119 cm³/mol. The molecule has 2 aromatic carbocycles. The van der Waals surface area contributed by atoms with Gasteiger partial charge in [0.2, 0.25) is 5.91 Å². The predicted octanol–water partition coefficient (Wildman–Crippen LogP) is 5.51. The van der Waals surface area contributed by atoms with E-state index in [0.717, 1.165) is 44.4 Å². The number of carbonyl (C=O) groups is 1. The van der Waals surface area contributed by atoms with Crippen LogP contribution in [0.4, 0.5) is 0 Å². The van der Waals surface area contributed by atoms with Gasteiger partial charge in [-0.25, -0.2) is 4.98 Å². The largest absolute Gasteiger partial charge is 0.366 e. The quantitative estimate of drug-likeness (QED) is 0.481. The van der Waals surface area contributed by atoms with Crippen molar-refractivity contribution in [2.45, 2.75) is 20.3 Å². The van der Waals surface area contributed by atoms with Crippen LogP contribution in [0.2, 0.25) is 0 Å². The van der Waals surface area contributed by atoms with Gasteiger partial charge in [-0.05, 0) is 43.2 Å². The summed E-state index contributed by atoms with van der Waals surface area (Å²) < 4.78 is 0. The zero-order valence-electron chi connectivity index (χ0n) is 16.3. The molecule has 0 fully saturated rings. The molecule has 1 amide bonds. The van der Waals surface area contributed by atoms with Crippen LogP contribution in [0, 0.1) is 6.92 Å². The number of nitrogens with zero attached hydrogens (tertiary/aromatic N) is 2. The Hall–Kier alpha value is -3.31. The fourth-order valence-electron chi connectivity index (χ4n) is 3.34. The molecule has 0 saturated carbocycles. The van der Waals surface area contributed by atoms with E-state index >= 15 is 0 Å². The number of benzene rings is 2. The van der Waals surface area contributed by atoms with Crippen molar-refractivity contribution in [2.24, 2.45) is 5.73 Å². The van der Waals surface area contributed by atoms with E-state index in [4.69, 9.17) is 10.7 Å². The van der Waals surface area contributed by atoms with Gasteiger partial charge < -0.3 is 5.73 Å². The summed E-state index contributed by atoms with van der Waals surface area (Å²) in [5, 5.41) is 1.09. The lowest BCUT2D eigenvalue weighted by molar-refractivity contribution is 0.100. The Balaban J connectivity index is 1.86. The third kappa shape index (κ3) is 3.82. The smallest absolute Gasteiger partial charge is 0.249 e. The van der Waals surface area contributed by atoms with E-state index in [0.29, 0.717) is 5.56 Å². The van der Waals surface area contributed by atoms with Gasteiger partial charge in [0.1, 0.15) is 0 Å². The Kier molecular flexibility index (Phi) is 5.23. The number of pyridine rings is 1. The summed E-state index contributed by atoms with van der Waals surface area (Å²) in [6.07, 6.45) is 2.65. The molecule has 2 heterocycles. The molecule has 4 aromatic rings. The molecule has 29 heavy (non-hydrogen) atoms. The molecule has 0 saturated heterocycles. The first kappa shape index (κ1) is 19.0. The number of aryl methyl sites for hydroxylation is 2. The van der Waals surface area contributed by atoms with Crippen LogP contribution in [0.1, 0.15) is 27.9 Å². The number of primary amides is 1. The van der Waals surface area contributed by atoms with E-state index in [1.165, 1.54) is 5.56 Å². The first-order valence-electron chi connectivity index (χ1n) is 9.49. The van der Waals surface area contributed by atoms with Gasteiger partial charge in [0.25, 0.3) is 0 Å². The number of hydrogen-bond donors (Lipinski definition) is 1. The molecule has 0 aliphatic carbocycles. The molecule has 2 N–H and O–H groups in total. The molecule has 5 heteroatoms. The molecule has 0 bridgehead atoms. The lowest BCUT2D eigenvalue weighted by Crippen LogP contribution is -2.12. The molecule has 0 radical (unpaired) electrons. The molecular weight excluding hydrogens is 378 g/mol. The molecule has 0 spiro atoms. The minimum atomic E-state index is -0.459. The van der Waals surface area contributed by atoms with Crippen molar-refractivity contribution in [3.63, 3.8) is 0 Å². The highest BCUT2D eigenvalue weighted by Crippen LogP contribution is 2.38. The summed E-state index contributed by atoms with van der Waals surface area (Å²) in [6, 6.07) is 19.7. The summed E-state index contributed by atoms with van der Waals surface area (Å²) in [5.74, 6) is -0.459. The van der Waals surface area contributed by atoms with Crippen LogP contribution in [0.15, 0.2) is 66.9 Å². The van der Waals surface area contributed by atoms with E-state index in [9.17, 15) is 4.79 Å². The monoisotopic (exact) mass is 399 g/mol. The van der Waals surface area contributed by atoms with E-state index in [-0.39, 0.29) is 0 Å². The van der Waals surface area contributed by atoms with Crippen molar-refractivity contribution in [2.75, 3.05) is 0 Å². The standard InChI is InChI=1S/C24H21N3OS/c1-3-21-27-22(16-8-6-7-15(2)13-16)23(29-21)17-11-12-26-20(14-17)18-9-4-5-10-19(18)24(25)28/h4-14H,3H2,1-2H3,(H2,25,28). The fourth-order valence-corrected chi connectivity index (χ4v) is 4.36. The zero-order chi connectivity index (χ0) is 20.4. The maximum Gasteiger partial charge on any atom is 0.249 e. The Labute approximate surface area is 174 Å². The van der Waals surface area contributed by atoms with Gasteiger partial charge in [0.15, 0.2) is 0 Å². The first-order chi connectivity index (χ1) is 14.1. The second kappa shape index (κ2) is 7.97. The van der Waals surface area contributed by atoms with Gasteiger partial charge in [-0.3, -0.25) is 9.78 Å². The number of amides is 1. The van der Waals surface area contributed by atoms with Crippen LogP contribution in [0.3, 0.4) is 0 Å². The van der Waals surface area contributed by atoms with Gasteiger partial charge >= 0.3 is 0 Å². The topological polar surface area (TPSA) is 68.9 Å².